The smallest absolute Gasteiger partial charge is 0.408 e. The predicted molar refractivity (Wildman–Crippen MR) is 169 cm³/mol. The number of hydrogen-bond donors (Lipinski definition) is 3. The Bertz CT molecular complexity index is 1460. The van der Waals surface area contributed by atoms with Gasteiger partial charge in [-0.2, -0.15) is 8.78 Å². The fraction of sp³-hybridized carbons (Fsp3) is 0.371. The molecule has 0 fully saturated rings. The fourth-order valence-electron chi connectivity index (χ4n) is 4.36. The molecule has 0 aliphatic rings. The van der Waals surface area contributed by atoms with E-state index in [-0.39, 0.29) is 13.0 Å². The first-order chi connectivity index (χ1) is 21.7. The monoisotopic (exact) mass is 637 g/mol. The van der Waals surface area contributed by atoms with Crippen LogP contribution in [0.3, 0.4) is 0 Å². The molecule has 9 nitrogen and oxygen atoms in total. The van der Waals surface area contributed by atoms with Crippen molar-refractivity contribution in [3.63, 3.8) is 0 Å². The van der Waals surface area contributed by atoms with E-state index in [2.05, 4.69) is 16.0 Å². The second-order valence-electron chi connectivity index (χ2n) is 12.2. The third kappa shape index (κ3) is 11.0. The van der Waals surface area contributed by atoms with Crippen LogP contribution < -0.4 is 20.7 Å². The van der Waals surface area contributed by atoms with Crippen LogP contribution in [0.2, 0.25) is 0 Å². The van der Waals surface area contributed by atoms with E-state index in [0.29, 0.717) is 23.5 Å². The van der Waals surface area contributed by atoms with E-state index in [1.807, 2.05) is 30.3 Å². The van der Waals surface area contributed by atoms with Crippen LogP contribution in [0.1, 0.15) is 51.3 Å². The van der Waals surface area contributed by atoms with E-state index in [1.54, 1.807) is 89.2 Å². The Morgan fingerprint density at radius 1 is 0.761 bits per heavy atom. The SMILES string of the molecule is CC(C)[C@H](NC(=O)OC(C)(C)C)C(=O)NC(Cc1ccc(OCc2ccccc2)cc1)C(=O)C(F)(F)C(=O)NCc1ccccc1. The Hall–Kier alpha value is -4.80. The quantitative estimate of drug-likeness (QED) is 0.205. The Morgan fingerprint density at radius 3 is 1.87 bits per heavy atom. The van der Waals surface area contributed by atoms with Crippen LogP contribution >= 0.6 is 0 Å². The minimum absolute atomic E-state index is 0.223. The summed E-state index contributed by atoms with van der Waals surface area (Å²) in [6.45, 7) is 8.30. The van der Waals surface area contributed by atoms with Gasteiger partial charge in [-0.1, -0.05) is 86.6 Å². The molecule has 0 aliphatic carbocycles. The lowest BCUT2D eigenvalue weighted by molar-refractivity contribution is -0.160. The highest BCUT2D eigenvalue weighted by Crippen LogP contribution is 2.22. The van der Waals surface area contributed by atoms with Gasteiger partial charge in [0.25, 0.3) is 5.91 Å². The molecule has 0 aliphatic heterocycles. The van der Waals surface area contributed by atoms with Crippen LogP contribution in [0, 0.1) is 5.92 Å². The van der Waals surface area contributed by atoms with E-state index in [4.69, 9.17) is 9.47 Å². The van der Waals surface area contributed by atoms with Crippen molar-refractivity contribution in [3.05, 3.63) is 102 Å². The molecule has 3 rings (SSSR count). The Balaban J connectivity index is 1.80. The van der Waals surface area contributed by atoms with Crippen molar-refractivity contribution in [2.45, 2.75) is 77.8 Å². The third-order valence-corrected chi connectivity index (χ3v) is 6.76. The molecule has 2 atom stereocenters. The zero-order valence-corrected chi connectivity index (χ0v) is 26.6. The van der Waals surface area contributed by atoms with Crippen molar-refractivity contribution in [3.8, 4) is 5.75 Å². The second-order valence-corrected chi connectivity index (χ2v) is 12.2. The molecule has 246 valence electrons. The maximum Gasteiger partial charge on any atom is 0.408 e. The van der Waals surface area contributed by atoms with Gasteiger partial charge in [-0.05, 0) is 55.5 Å². The Morgan fingerprint density at radius 2 is 1.33 bits per heavy atom. The van der Waals surface area contributed by atoms with Crippen LogP contribution in [0.5, 0.6) is 5.75 Å². The first-order valence-corrected chi connectivity index (χ1v) is 15.0. The van der Waals surface area contributed by atoms with Gasteiger partial charge in [0.2, 0.25) is 11.7 Å². The number of alkyl halides is 2. The van der Waals surface area contributed by atoms with Crippen molar-refractivity contribution in [1.82, 2.24) is 16.0 Å². The lowest BCUT2D eigenvalue weighted by Crippen LogP contribution is -2.59. The largest absolute Gasteiger partial charge is 0.489 e. The van der Waals surface area contributed by atoms with Gasteiger partial charge in [0.05, 0.1) is 6.04 Å². The molecule has 0 saturated carbocycles. The van der Waals surface area contributed by atoms with Crippen molar-refractivity contribution < 1.29 is 37.4 Å². The molecule has 3 aromatic carbocycles. The van der Waals surface area contributed by atoms with Gasteiger partial charge < -0.3 is 25.4 Å². The maximum atomic E-state index is 15.4. The molecule has 3 aromatic rings. The number of carbonyl (C=O) groups is 4. The molecule has 46 heavy (non-hydrogen) atoms. The van der Waals surface area contributed by atoms with E-state index < -0.39 is 53.2 Å². The average molecular weight is 638 g/mol. The van der Waals surface area contributed by atoms with Crippen LogP contribution in [0.4, 0.5) is 13.6 Å². The number of rotatable bonds is 14. The number of Topliss-reactive ketones (excluding diaryl/α,β-unsaturated/α-hetero) is 1. The lowest BCUT2D eigenvalue weighted by Gasteiger charge is -2.28. The molecular weight excluding hydrogens is 596 g/mol. The summed E-state index contributed by atoms with van der Waals surface area (Å²) in [7, 11) is 0. The summed E-state index contributed by atoms with van der Waals surface area (Å²) in [5.41, 5.74) is 1.08. The molecule has 0 radical (unpaired) electrons. The Labute approximate surface area is 268 Å². The molecule has 0 aromatic heterocycles. The second kappa shape index (κ2) is 16.0. The molecular formula is C35H41F2N3O6. The van der Waals surface area contributed by atoms with Crippen molar-refractivity contribution >= 4 is 23.7 Å². The van der Waals surface area contributed by atoms with Gasteiger partial charge >= 0.3 is 12.0 Å². The first kappa shape index (κ1) is 35.7. The standard InChI is InChI=1S/C35H41F2N3O6/c1-23(2)29(40-33(44)46-34(3,4)5)31(42)39-28(30(41)35(36,37)32(43)38-21-25-12-8-6-9-13-25)20-24-16-18-27(19-17-24)45-22-26-14-10-7-11-15-26/h6-19,23,28-29H,20-22H2,1-5H3,(H,38,43)(H,39,42)(H,40,44)/t28?,29-/m0/s1. The van der Waals surface area contributed by atoms with Gasteiger partial charge in [0, 0.05) is 13.0 Å². The van der Waals surface area contributed by atoms with Gasteiger partial charge in [-0.15, -0.1) is 0 Å². The summed E-state index contributed by atoms with van der Waals surface area (Å²) in [4.78, 5) is 51.7. The van der Waals surface area contributed by atoms with E-state index in [9.17, 15) is 19.2 Å². The molecule has 0 heterocycles. The van der Waals surface area contributed by atoms with E-state index in [1.165, 1.54) is 0 Å². The highest BCUT2D eigenvalue weighted by molar-refractivity contribution is 6.10. The predicted octanol–water partition coefficient (Wildman–Crippen LogP) is 5.36. The van der Waals surface area contributed by atoms with Crippen molar-refractivity contribution in [2.75, 3.05) is 0 Å². The van der Waals surface area contributed by atoms with E-state index in [0.717, 1.165) is 5.56 Å². The topological polar surface area (TPSA) is 123 Å². The summed E-state index contributed by atoms with van der Waals surface area (Å²) in [6.07, 6.45) is -1.25. The van der Waals surface area contributed by atoms with Crippen LogP contribution in [0.15, 0.2) is 84.9 Å². The van der Waals surface area contributed by atoms with Gasteiger partial charge in [-0.25, -0.2) is 4.79 Å². The van der Waals surface area contributed by atoms with Gasteiger partial charge in [-0.3, -0.25) is 14.4 Å². The number of benzene rings is 3. The minimum Gasteiger partial charge on any atom is -0.489 e. The highest BCUT2D eigenvalue weighted by atomic mass is 19.3. The van der Waals surface area contributed by atoms with Crippen LogP contribution in [0.25, 0.3) is 0 Å². The summed E-state index contributed by atoms with van der Waals surface area (Å²) in [6, 6.07) is 21.2. The maximum absolute atomic E-state index is 15.4. The number of hydrogen-bond acceptors (Lipinski definition) is 6. The fourth-order valence-corrected chi connectivity index (χ4v) is 4.36. The number of alkyl carbamates (subject to hydrolysis) is 1. The lowest BCUT2D eigenvalue weighted by atomic mass is 9.96. The van der Waals surface area contributed by atoms with Crippen molar-refractivity contribution in [2.24, 2.45) is 5.92 Å². The molecule has 3 amide bonds. The Kier molecular flexibility index (Phi) is 12.4. The van der Waals surface area contributed by atoms with Crippen LogP contribution in [-0.2, 0) is 38.7 Å². The third-order valence-electron chi connectivity index (χ3n) is 6.76. The molecule has 11 heteroatoms. The average Bonchev–Trinajstić information content (AvgIpc) is 3.01. The summed E-state index contributed by atoms with van der Waals surface area (Å²) < 4.78 is 41.8. The van der Waals surface area contributed by atoms with Gasteiger partial charge in [0.15, 0.2) is 0 Å². The summed E-state index contributed by atoms with van der Waals surface area (Å²) in [5, 5.41) is 6.91. The molecule has 0 bridgehead atoms. The van der Waals surface area contributed by atoms with Crippen molar-refractivity contribution in [1.29, 1.82) is 0 Å². The zero-order valence-electron chi connectivity index (χ0n) is 26.6. The first-order valence-electron chi connectivity index (χ1n) is 15.0. The molecule has 0 spiro atoms. The highest BCUT2D eigenvalue weighted by Gasteiger charge is 2.50. The number of halogens is 2. The number of amides is 3. The number of carbonyl (C=O) groups excluding carboxylic acids is 4. The number of nitrogens with one attached hydrogen (secondary N) is 3. The van der Waals surface area contributed by atoms with Gasteiger partial charge in [0.1, 0.15) is 24.0 Å². The molecule has 1 unspecified atom stereocenters. The molecule has 0 saturated heterocycles. The number of ketones is 1. The molecule has 3 N–H and O–H groups in total. The number of ether oxygens (including phenoxy) is 2. The normalized spacial score (nSPS) is 12.9. The minimum atomic E-state index is -4.47. The van der Waals surface area contributed by atoms with Crippen LogP contribution in [-0.4, -0.2) is 47.3 Å². The summed E-state index contributed by atoms with van der Waals surface area (Å²) >= 11 is 0. The van der Waals surface area contributed by atoms with E-state index >= 15 is 8.78 Å². The zero-order chi connectivity index (χ0) is 33.9. The summed E-state index contributed by atoms with van der Waals surface area (Å²) in [5.74, 6) is -8.95.